The summed E-state index contributed by atoms with van der Waals surface area (Å²) in [5.41, 5.74) is 0.489. The van der Waals surface area contributed by atoms with Gasteiger partial charge in [0.2, 0.25) is 0 Å². The zero-order valence-corrected chi connectivity index (χ0v) is 14.3. The number of benzene rings is 1. The van der Waals surface area contributed by atoms with Crippen LogP contribution < -0.4 is 5.32 Å². The monoisotopic (exact) mass is 353 g/mol. The van der Waals surface area contributed by atoms with Crippen molar-refractivity contribution < 1.29 is 13.2 Å². The third-order valence-electron chi connectivity index (χ3n) is 5.92. The zero-order chi connectivity index (χ0) is 16.2. The molecule has 4 fully saturated rings. The summed E-state index contributed by atoms with van der Waals surface area (Å²) in [6.07, 6.45) is 6.40. The molecule has 4 aliphatic rings. The van der Waals surface area contributed by atoms with Crippen molar-refractivity contribution >= 4 is 25.6 Å². The lowest BCUT2D eigenvalue weighted by molar-refractivity contribution is -0.0119. The Bertz CT molecular complexity index is 701. The van der Waals surface area contributed by atoms with Crippen molar-refractivity contribution in [2.45, 2.75) is 43.0 Å². The van der Waals surface area contributed by atoms with Crippen LogP contribution in [0.2, 0.25) is 0 Å². The van der Waals surface area contributed by atoms with E-state index < -0.39 is 9.05 Å². The van der Waals surface area contributed by atoms with Gasteiger partial charge in [-0.15, -0.1) is 0 Å². The van der Waals surface area contributed by atoms with Gasteiger partial charge >= 0.3 is 0 Å². The maximum absolute atomic E-state index is 12.5. The largest absolute Gasteiger partial charge is 0.349 e. The average Bonchev–Trinajstić information content (AvgIpc) is 2.49. The van der Waals surface area contributed by atoms with Crippen molar-refractivity contribution in [2.75, 3.05) is 0 Å². The molecule has 0 atom stereocenters. The summed E-state index contributed by atoms with van der Waals surface area (Å²) in [6.45, 7) is 0. The molecule has 0 heterocycles. The SMILES string of the molecule is O=C(NC1C2CC3CC(C2)CC1C3)c1ccc(S(=O)(=O)Cl)cc1. The molecule has 0 radical (unpaired) electrons. The molecule has 4 aliphatic carbocycles. The Morgan fingerprint density at radius 1 is 0.957 bits per heavy atom. The predicted molar refractivity (Wildman–Crippen MR) is 87.8 cm³/mol. The minimum absolute atomic E-state index is 0.0188. The number of hydrogen-bond donors (Lipinski definition) is 1. The summed E-state index contributed by atoms with van der Waals surface area (Å²) in [5.74, 6) is 2.88. The first-order valence-electron chi connectivity index (χ1n) is 8.26. The minimum Gasteiger partial charge on any atom is -0.349 e. The van der Waals surface area contributed by atoms with Gasteiger partial charge in [0.25, 0.3) is 15.0 Å². The van der Waals surface area contributed by atoms with E-state index in [9.17, 15) is 13.2 Å². The summed E-state index contributed by atoms with van der Waals surface area (Å²) >= 11 is 0. The highest BCUT2D eigenvalue weighted by atomic mass is 35.7. The van der Waals surface area contributed by atoms with Crippen molar-refractivity contribution in [3.8, 4) is 0 Å². The zero-order valence-electron chi connectivity index (χ0n) is 12.7. The Kier molecular flexibility index (Phi) is 3.69. The minimum atomic E-state index is -3.75. The fourth-order valence-electron chi connectivity index (χ4n) is 5.16. The second-order valence-electron chi connectivity index (χ2n) is 7.39. The normalized spacial score (nSPS) is 35.3. The lowest BCUT2D eigenvalue weighted by Gasteiger charge is -2.54. The Morgan fingerprint density at radius 3 is 1.96 bits per heavy atom. The number of halogens is 1. The molecule has 1 aromatic carbocycles. The standard InChI is InChI=1S/C17H20ClNO3S/c18-23(21,22)15-3-1-12(2-4-15)17(20)19-16-13-6-10-5-11(8-13)9-14(16)7-10/h1-4,10-11,13-14,16H,5-9H2,(H,19,20). The maximum Gasteiger partial charge on any atom is 0.261 e. The Balaban J connectivity index is 1.48. The molecular weight excluding hydrogens is 334 g/mol. The van der Waals surface area contributed by atoms with Crippen molar-refractivity contribution in [3.63, 3.8) is 0 Å². The molecule has 0 saturated heterocycles. The molecule has 0 unspecified atom stereocenters. The highest BCUT2D eigenvalue weighted by molar-refractivity contribution is 8.13. The van der Waals surface area contributed by atoms with Gasteiger partial charge in [-0.2, -0.15) is 0 Å². The predicted octanol–water partition coefficient (Wildman–Crippen LogP) is 3.17. The van der Waals surface area contributed by atoms with Crippen LogP contribution in [0.5, 0.6) is 0 Å². The number of amides is 1. The number of rotatable bonds is 3. The third-order valence-corrected chi connectivity index (χ3v) is 7.29. The molecule has 4 saturated carbocycles. The van der Waals surface area contributed by atoms with E-state index in [1.54, 1.807) is 0 Å². The van der Waals surface area contributed by atoms with E-state index >= 15 is 0 Å². The van der Waals surface area contributed by atoms with Crippen LogP contribution in [0.25, 0.3) is 0 Å². The van der Waals surface area contributed by atoms with Crippen LogP contribution in [0.15, 0.2) is 29.2 Å². The summed E-state index contributed by atoms with van der Waals surface area (Å²) in [5, 5.41) is 3.22. The van der Waals surface area contributed by atoms with Crippen LogP contribution in [-0.4, -0.2) is 20.4 Å². The number of nitrogens with one attached hydrogen (secondary N) is 1. The summed E-state index contributed by atoms with van der Waals surface area (Å²) in [7, 11) is 1.55. The van der Waals surface area contributed by atoms with Gasteiger partial charge in [-0.1, -0.05) is 0 Å². The van der Waals surface area contributed by atoms with Crippen LogP contribution >= 0.6 is 10.7 Å². The van der Waals surface area contributed by atoms with Gasteiger partial charge in [-0.05, 0) is 80.0 Å². The molecule has 5 rings (SSSR count). The fraction of sp³-hybridized carbons (Fsp3) is 0.588. The first-order valence-corrected chi connectivity index (χ1v) is 10.6. The van der Waals surface area contributed by atoms with Crippen molar-refractivity contribution in [1.82, 2.24) is 5.32 Å². The van der Waals surface area contributed by atoms with Gasteiger partial charge < -0.3 is 5.32 Å². The second kappa shape index (κ2) is 5.49. The summed E-state index contributed by atoms with van der Waals surface area (Å²) in [4.78, 5) is 12.5. The molecule has 4 bridgehead atoms. The molecule has 1 aromatic rings. The quantitative estimate of drug-likeness (QED) is 0.849. The molecular formula is C17H20ClNO3S. The maximum atomic E-state index is 12.5. The van der Waals surface area contributed by atoms with Crippen molar-refractivity contribution in [3.05, 3.63) is 29.8 Å². The highest BCUT2D eigenvalue weighted by Gasteiger charge is 2.48. The first kappa shape index (κ1) is 15.5. The van der Waals surface area contributed by atoms with Crippen LogP contribution in [0.4, 0.5) is 0 Å². The third kappa shape index (κ3) is 2.89. The van der Waals surface area contributed by atoms with Crippen LogP contribution in [0.3, 0.4) is 0 Å². The number of carbonyl (C=O) groups is 1. The molecule has 0 aromatic heterocycles. The van der Waals surface area contributed by atoms with Gasteiger partial charge in [-0.3, -0.25) is 4.79 Å². The van der Waals surface area contributed by atoms with E-state index in [2.05, 4.69) is 5.32 Å². The highest BCUT2D eigenvalue weighted by Crippen LogP contribution is 2.53. The molecule has 124 valence electrons. The van der Waals surface area contributed by atoms with E-state index in [4.69, 9.17) is 10.7 Å². The van der Waals surface area contributed by atoms with Crippen LogP contribution in [0.1, 0.15) is 42.5 Å². The molecule has 0 aliphatic heterocycles. The van der Waals surface area contributed by atoms with E-state index in [1.807, 2.05) is 0 Å². The lowest BCUT2D eigenvalue weighted by Crippen LogP contribution is -2.55. The molecule has 23 heavy (non-hydrogen) atoms. The molecule has 6 heteroatoms. The number of carbonyl (C=O) groups excluding carboxylic acids is 1. The molecule has 4 nitrogen and oxygen atoms in total. The molecule has 1 N–H and O–H groups in total. The Morgan fingerprint density at radius 2 is 1.48 bits per heavy atom. The van der Waals surface area contributed by atoms with Crippen LogP contribution in [0, 0.1) is 23.7 Å². The van der Waals surface area contributed by atoms with Gasteiger partial charge in [0, 0.05) is 22.3 Å². The number of hydrogen-bond acceptors (Lipinski definition) is 3. The summed E-state index contributed by atoms with van der Waals surface area (Å²) in [6, 6.07) is 6.11. The van der Waals surface area contributed by atoms with Gasteiger partial charge in [0.1, 0.15) is 0 Å². The van der Waals surface area contributed by atoms with E-state index in [0.717, 1.165) is 11.8 Å². The fourth-order valence-corrected chi connectivity index (χ4v) is 5.93. The van der Waals surface area contributed by atoms with Crippen LogP contribution in [-0.2, 0) is 9.05 Å². The van der Waals surface area contributed by atoms with Crippen molar-refractivity contribution in [1.29, 1.82) is 0 Å². The molecule has 0 spiro atoms. The Hall–Kier alpha value is -1.07. The second-order valence-corrected chi connectivity index (χ2v) is 9.96. The smallest absolute Gasteiger partial charge is 0.261 e. The van der Waals surface area contributed by atoms with Gasteiger partial charge in [-0.25, -0.2) is 8.42 Å². The Labute approximate surface area is 141 Å². The molecule has 1 amide bonds. The lowest BCUT2D eigenvalue weighted by atomic mass is 9.54. The van der Waals surface area contributed by atoms with E-state index in [0.29, 0.717) is 17.4 Å². The van der Waals surface area contributed by atoms with Gasteiger partial charge in [0.05, 0.1) is 4.90 Å². The first-order chi connectivity index (χ1) is 10.9. The van der Waals surface area contributed by atoms with Crippen molar-refractivity contribution in [2.24, 2.45) is 23.7 Å². The average molecular weight is 354 g/mol. The topological polar surface area (TPSA) is 63.2 Å². The van der Waals surface area contributed by atoms with E-state index in [-0.39, 0.29) is 16.8 Å². The van der Waals surface area contributed by atoms with E-state index in [1.165, 1.54) is 56.4 Å². The summed E-state index contributed by atoms with van der Waals surface area (Å²) < 4.78 is 22.5. The van der Waals surface area contributed by atoms with Gasteiger partial charge in [0.15, 0.2) is 0 Å².